The third-order valence-electron chi connectivity index (χ3n) is 5.65. The van der Waals surface area contributed by atoms with Crippen molar-refractivity contribution in [3.05, 3.63) is 41.1 Å². The number of aryl methyl sites for hydroxylation is 1. The van der Waals surface area contributed by atoms with Gasteiger partial charge in [0, 0.05) is 31.0 Å². The predicted molar refractivity (Wildman–Crippen MR) is 105 cm³/mol. The molecule has 4 rings (SSSR count). The van der Waals surface area contributed by atoms with Crippen LogP contribution in [0.1, 0.15) is 42.1 Å². The number of hydrogen-bond donors (Lipinski definition) is 1. The summed E-state index contributed by atoms with van der Waals surface area (Å²) < 4.78 is 68.0. The van der Waals surface area contributed by atoms with Gasteiger partial charge in [0.2, 0.25) is 5.91 Å². The summed E-state index contributed by atoms with van der Waals surface area (Å²) in [7, 11) is 1.59. The Kier molecular flexibility index (Phi) is 5.30. The van der Waals surface area contributed by atoms with Crippen LogP contribution in [0.2, 0.25) is 0 Å². The topological polar surface area (TPSA) is 71.2 Å². The van der Waals surface area contributed by atoms with Crippen LogP contribution in [0, 0.1) is 6.92 Å². The number of nitrogens with zero attached hydrogens (tertiary/aromatic N) is 4. The zero-order valence-electron chi connectivity index (χ0n) is 17.1. The number of rotatable bonds is 3. The molecule has 1 atom stereocenters. The van der Waals surface area contributed by atoms with E-state index in [0.717, 1.165) is 6.07 Å². The molecule has 0 bridgehead atoms. The van der Waals surface area contributed by atoms with Crippen molar-refractivity contribution in [1.82, 2.24) is 19.7 Å². The molecule has 1 N–H and O–H groups in total. The predicted octanol–water partition coefficient (Wildman–Crippen LogP) is 4.86. The first-order valence-electron chi connectivity index (χ1n) is 9.79. The van der Waals surface area contributed by atoms with Crippen molar-refractivity contribution in [1.29, 1.82) is 0 Å². The average molecular weight is 454 g/mol. The fourth-order valence-electron chi connectivity index (χ4n) is 4.09. The number of benzene rings is 1. The van der Waals surface area contributed by atoms with E-state index in [1.807, 2.05) is 0 Å². The van der Waals surface area contributed by atoms with E-state index in [1.54, 1.807) is 7.05 Å². The smallest absolute Gasteiger partial charge is 0.416 e. The van der Waals surface area contributed by atoms with E-state index in [9.17, 15) is 31.9 Å². The SMILES string of the molecule is Cc1cc(C(F)(F)F)cc(O)c1-c1ccc2c(C(F)F)n([C@H]3CCC(=O)N(C)C3)nc2n1. The number of aromatic hydroxyl groups is 1. The molecule has 3 aromatic rings. The first kappa shape index (κ1) is 22.0. The number of hydrogen-bond acceptors (Lipinski definition) is 4. The molecular formula is C21H19F5N4O2. The van der Waals surface area contributed by atoms with Crippen LogP contribution in [0.3, 0.4) is 0 Å². The van der Waals surface area contributed by atoms with Gasteiger partial charge in [-0.2, -0.15) is 18.3 Å². The first-order chi connectivity index (χ1) is 15.0. The summed E-state index contributed by atoms with van der Waals surface area (Å²) in [5, 5.41) is 14.6. The summed E-state index contributed by atoms with van der Waals surface area (Å²) >= 11 is 0. The largest absolute Gasteiger partial charge is 0.507 e. The minimum Gasteiger partial charge on any atom is -0.507 e. The highest BCUT2D eigenvalue weighted by molar-refractivity contribution is 5.83. The van der Waals surface area contributed by atoms with Crippen molar-refractivity contribution in [2.75, 3.05) is 13.6 Å². The first-order valence-corrected chi connectivity index (χ1v) is 9.79. The molecule has 2 aromatic heterocycles. The normalized spacial score (nSPS) is 17.6. The Bertz CT molecular complexity index is 1180. The molecule has 3 heterocycles. The summed E-state index contributed by atoms with van der Waals surface area (Å²) in [6, 6.07) is 3.77. The lowest BCUT2D eigenvalue weighted by Crippen LogP contribution is -2.38. The van der Waals surface area contributed by atoms with Crippen molar-refractivity contribution in [3.8, 4) is 17.0 Å². The molecule has 0 unspecified atom stereocenters. The van der Waals surface area contributed by atoms with E-state index in [0.29, 0.717) is 12.5 Å². The van der Waals surface area contributed by atoms with Gasteiger partial charge in [0.05, 0.1) is 17.3 Å². The number of carbonyl (C=O) groups is 1. The van der Waals surface area contributed by atoms with Crippen LogP contribution in [-0.2, 0) is 11.0 Å². The molecule has 1 aromatic carbocycles. The number of likely N-dealkylation sites (tertiary alicyclic amines) is 1. The van der Waals surface area contributed by atoms with E-state index >= 15 is 0 Å². The lowest BCUT2D eigenvalue weighted by Gasteiger charge is -2.30. The van der Waals surface area contributed by atoms with Crippen LogP contribution >= 0.6 is 0 Å². The third-order valence-corrected chi connectivity index (χ3v) is 5.65. The maximum absolute atomic E-state index is 13.9. The molecule has 1 fully saturated rings. The number of aromatic nitrogens is 3. The van der Waals surface area contributed by atoms with Crippen LogP contribution in [-0.4, -0.2) is 44.3 Å². The lowest BCUT2D eigenvalue weighted by molar-refractivity contribution is -0.137. The van der Waals surface area contributed by atoms with E-state index < -0.39 is 30.0 Å². The van der Waals surface area contributed by atoms with Crippen LogP contribution in [0.25, 0.3) is 22.3 Å². The number of phenolic OH excluding ortho intramolecular Hbond substituents is 1. The highest BCUT2D eigenvalue weighted by Gasteiger charge is 2.33. The molecule has 11 heteroatoms. The van der Waals surface area contributed by atoms with E-state index in [-0.39, 0.29) is 52.4 Å². The molecule has 32 heavy (non-hydrogen) atoms. The van der Waals surface area contributed by atoms with Crippen LogP contribution in [0.4, 0.5) is 22.0 Å². The molecule has 1 aliphatic rings. The maximum atomic E-state index is 13.9. The molecule has 0 radical (unpaired) electrons. The van der Waals surface area contributed by atoms with E-state index in [2.05, 4.69) is 10.1 Å². The van der Waals surface area contributed by atoms with Crippen LogP contribution < -0.4 is 0 Å². The Hall–Kier alpha value is -3.24. The van der Waals surface area contributed by atoms with Gasteiger partial charge in [-0.25, -0.2) is 13.8 Å². The third kappa shape index (κ3) is 3.76. The minimum absolute atomic E-state index is 0.0175. The zero-order valence-corrected chi connectivity index (χ0v) is 17.1. The Morgan fingerprint density at radius 2 is 1.94 bits per heavy atom. The molecule has 0 spiro atoms. The van der Waals surface area contributed by atoms with E-state index in [1.165, 1.54) is 28.6 Å². The Balaban J connectivity index is 1.81. The van der Waals surface area contributed by atoms with Crippen molar-refractivity contribution in [3.63, 3.8) is 0 Å². The van der Waals surface area contributed by atoms with Gasteiger partial charge in [0.1, 0.15) is 11.4 Å². The number of phenols is 1. The Morgan fingerprint density at radius 3 is 2.53 bits per heavy atom. The fraction of sp³-hybridized carbons (Fsp3) is 0.381. The van der Waals surface area contributed by atoms with Gasteiger partial charge in [-0.15, -0.1) is 0 Å². The van der Waals surface area contributed by atoms with Gasteiger partial charge in [0.15, 0.2) is 5.65 Å². The Labute approximate surface area is 179 Å². The average Bonchev–Trinajstić information content (AvgIpc) is 3.08. The summed E-state index contributed by atoms with van der Waals surface area (Å²) in [5.41, 5.74) is -1.04. The van der Waals surface area contributed by atoms with E-state index in [4.69, 9.17) is 0 Å². The standard InChI is InChI=1S/C21H19F5N4O2/c1-10-7-11(21(24,25)26)8-15(31)17(10)14-5-4-13-18(19(22)23)30(28-20(13)27-14)12-3-6-16(32)29(2)9-12/h4-5,7-8,12,19,31H,3,6,9H2,1-2H3/t12-/m0/s1. The quantitative estimate of drug-likeness (QED) is 0.574. The minimum atomic E-state index is -4.63. The highest BCUT2D eigenvalue weighted by Crippen LogP contribution is 2.40. The molecule has 1 aliphatic heterocycles. The number of piperidine rings is 1. The second kappa shape index (κ2) is 7.72. The number of likely N-dealkylation sites (N-methyl/N-ethyl adjacent to an activating group) is 1. The molecule has 1 amide bonds. The number of pyridine rings is 1. The number of halogens is 5. The zero-order chi connectivity index (χ0) is 23.4. The number of fused-ring (bicyclic) bond motifs is 1. The summed E-state index contributed by atoms with van der Waals surface area (Å²) in [6.45, 7) is 1.62. The van der Waals surface area contributed by atoms with Crippen LogP contribution in [0.5, 0.6) is 5.75 Å². The van der Waals surface area contributed by atoms with Gasteiger partial charge in [0.25, 0.3) is 6.43 Å². The van der Waals surface area contributed by atoms with Gasteiger partial charge in [-0.05, 0) is 43.2 Å². The maximum Gasteiger partial charge on any atom is 0.416 e. The molecule has 0 aliphatic carbocycles. The van der Waals surface area contributed by atoms with Gasteiger partial charge >= 0.3 is 6.18 Å². The van der Waals surface area contributed by atoms with Gasteiger partial charge in [-0.3, -0.25) is 9.48 Å². The fourth-order valence-corrected chi connectivity index (χ4v) is 4.09. The molecular weight excluding hydrogens is 435 g/mol. The van der Waals surface area contributed by atoms with Crippen molar-refractivity contribution in [2.45, 2.75) is 38.4 Å². The van der Waals surface area contributed by atoms with Gasteiger partial charge < -0.3 is 10.0 Å². The number of carbonyl (C=O) groups excluding carboxylic acids is 1. The second-order valence-electron chi connectivity index (χ2n) is 7.85. The van der Waals surface area contributed by atoms with Crippen molar-refractivity contribution in [2.24, 2.45) is 0 Å². The van der Waals surface area contributed by atoms with Crippen molar-refractivity contribution < 1.29 is 31.9 Å². The Morgan fingerprint density at radius 1 is 1.22 bits per heavy atom. The summed E-state index contributed by atoms with van der Waals surface area (Å²) in [6.07, 6.45) is -6.92. The second-order valence-corrected chi connectivity index (χ2v) is 7.85. The number of alkyl halides is 5. The number of amides is 1. The van der Waals surface area contributed by atoms with Crippen LogP contribution in [0.15, 0.2) is 24.3 Å². The van der Waals surface area contributed by atoms with Gasteiger partial charge in [-0.1, -0.05) is 0 Å². The monoisotopic (exact) mass is 454 g/mol. The lowest BCUT2D eigenvalue weighted by atomic mass is 10.00. The molecule has 1 saturated heterocycles. The summed E-state index contributed by atoms with van der Waals surface area (Å²) in [5.74, 6) is -0.699. The highest BCUT2D eigenvalue weighted by atomic mass is 19.4. The van der Waals surface area contributed by atoms with Crippen molar-refractivity contribution >= 4 is 16.9 Å². The molecule has 170 valence electrons. The summed E-state index contributed by atoms with van der Waals surface area (Å²) in [4.78, 5) is 17.5. The molecule has 6 nitrogen and oxygen atoms in total. The molecule has 0 saturated carbocycles.